The Morgan fingerprint density at radius 1 is 1.19 bits per heavy atom. The minimum Gasteiger partial charge on any atom is -0.352 e. The zero-order valence-corrected chi connectivity index (χ0v) is 16.5. The second-order valence-electron chi connectivity index (χ2n) is 7.74. The zero-order valence-electron chi connectivity index (χ0n) is 16.5. The Hall–Kier alpha value is -2.89. The lowest BCUT2D eigenvalue weighted by atomic mass is 9.95. The van der Waals surface area contributed by atoms with E-state index in [1.807, 2.05) is 50.8 Å². The molecule has 0 spiro atoms. The van der Waals surface area contributed by atoms with Crippen LogP contribution in [0, 0.1) is 5.41 Å². The third-order valence-corrected chi connectivity index (χ3v) is 4.72. The number of nitrogens with zero attached hydrogens (tertiary/aromatic N) is 3. The molecule has 3 rings (SSSR count). The van der Waals surface area contributed by atoms with Gasteiger partial charge in [0.15, 0.2) is 0 Å². The predicted octanol–water partition coefficient (Wildman–Crippen LogP) is 3.49. The summed E-state index contributed by atoms with van der Waals surface area (Å²) < 4.78 is 0. The molecule has 0 unspecified atom stereocenters. The number of benzene rings is 1. The van der Waals surface area contributed by atoms with Crippen molar-refractivity contribution in [2.75, 3.05) is 23.4 Å². The van der Waals surface area contributed by atoms with Crippen molar-refractivity contribution in [1.82, 2.24) is 10.3 Å². The van der Waals surface area contributed by atoms with E-state index < -0.39 is 5.41 Å². The molecule has 0 aliphatic carbocycles. The average molecular weight is 366 g/mol. The molecule has 0 saturated carbocycles. The number of aromatic nitrogens is 1. The summed E-state index contributed by atoms with van der Waals surface area (Å²) in [6, 6.07) is 9.52. The van der Waals surface area contributed by atoms with Gasteiger partial charge in [0.05, 0.1) is 16.9 Å². The molecule has 0 fully saturated rings. The van der Waals surface area contributed by atoms with Crippen molar-refractivity contribution in [3.05, 3.63) is 47.7 Å². The van der Waals surface area contributed by atoms with Crippen LogP contribution in [-0.4, -0.2) is 30.4 Å². The monoisotopic (exact) mass is 366 g/mol. The number of carbonyl (C=O) groups is 2. The van der Waals surface area contributed by atoms with Crippen LogP contribution in [0.2, 0.25) is 0 Å². The van der Waals surface area contributed by atoms with Gasteiger partial charge in [-0.25, -0.2) is 4.98 Å². The minimum absolute atomic E-state index is 0.00587. The highest BCUT2D eigenvalue weighted by molar-refractivity contribution is 6.13. The second-order valence-corrected chi connectivity index (χ2v) is 7.74. The van der Waals surface area contributed by atoms with Crippen LogP contribution in [0.15, 0.2) is 36.5 Å². The van der Waals surface area contributed by atoms with Gasteiger partial charge in [-0.1, -0.05) is 26.8 Å². The number of nitrogens with one attached hydrogen (secondary N) is 1. The molecule has 2 amide bonds. The smallest absolute Gasteiger partial charge is 0.261 e. The third-order valence-electron chi connectivity index (χ3n) is 4.72. The molecule has 0 atom stereocenters. The summed E-state index contributed by atoms with van der Waals surface area (Å²) >= 11 is 0. The highest BCUT2D eigenvalue weighted by Crippen LogP contribution is 2.39. The van der Waals surface area contributed by atoms with Gasteiger partial charge in [-0.2, -0.15) is 0 Å². The van der Waals surface area contributed by atoms with E-state index in [1.165, 1.54) is 0 Å². The highest BCUT2D eigenvalue weighted by Gasteiger charge is 2.29. The van der Waals surface area contributed by atoms with E-state index in [0.717, 1.165) is 16.9 Å². The first-order valence-electron chi connectivity index (χ1n) is 9.16. The van der Waals surface area contributed by atoms with Crippen LogP contribution in [0.1, 0.15) is 43.6 Å². The molecule has 1 N–H and O–H groups in total. The number of fused-ring (bicyclic) bond motifs is 2. The van der Waals surface area contributed by atoms with Crippen molar-refractivity contribution in [3.8, 4) is 0 Å². The van der Waals surface area contributed by atoms with Crippen molar-refractivity contribution >= 4 is 29.0 Å². The van der Waals surface area contributed by atoms with Crippen molar-refractivity contribution in [2.24, 2.45) is 5.41 Å². The van der Waals surface area contributed by atoms with Gasteiger partial charge in [0.1, 0.15) is 5.82 Å². The Kier molecular flexibility index (Phi) is 4.91. The summed E-state index contributed by atoms with van der Waals surface area (Å²) in [5.74, 6) is 0.573. The Balaban J connectivity index is 1.98. The summed E-state index contributed by atoms with van der Waals surface area (Å²) in [5, 5.41) is 2.96. The number of anilines is 3. The molecular weight excluding hydrogens is 340 g/mol. The fourth-order valence-corrected chi connectivity index (χ4v) is 3.13. The van der Waals surface area contributed by atoms with E-state index in [2.05, 4.69) is 10.3 Å². The van der Waals surface area contributed by atoms with Crippen molar-refractivity contribution in [2.45, 2.75) is 34.2 Å². The lowest BCUT2D eigenvalue weighted by Crippen LogP contribution is -2.34. The largest absolute Gasteiger partial charge is 0.352 e. The fraction of sp³-hybridized carbons (Fsp3) is 0.381. The van der Waals surface area contributed by atoms with Crippen LogP contribution in [-0.2, 0) is 11.3 Å². The van der Waals surface area contributed by atoms with E-state index in [4.69, 9.17) is 0 Å². The summed E-state index contributed by atoms with van der Waals surface area (Å²) in [5.41, 5.74) is 2.82. The first kappa shape index (κ1) is 18.9. The van der Waals surface area contributed by atoms with Gasteiger partial charge in [-0.15, -0.1) is 0 Å². The molecule has 0 bridgehead atoms. The number of carbonyl (C=O) groups excluding carboxylic acids is 2. The van der Waals surface area contributed by atoms with Crippen LogP contribution in [0.4, 0.5) is 17.2 Å². The van der Waals surface area contributed by atoms with Crippen LogP contribution < -0.4 is 15.1 Å². The quantitative estimate of drug-likeness (QED) is 0.903. The Bertz CT molecular complexity index is 886. The lowest BCUT2D eigenvalue weighted by Gasteiger charge is -2.25. The summed E-state index contributed by atoms with van der Waals surface area (Å²) in [6.07, 6.45) is 1.70. The molecular formula is C21H26N4O2. The van der Waals surface area contributed by atoms with Crippen LogP contribution in [0.25, 0.3) is 0 Å². The maximum atomic E-state index is 13.0. The van der Waals surface area contributed by atoms with E-state index >= 15 is 0 Å². The van der Waals surface area contributed by atoms with E-state index in [1.54, 1.807) is 30.3 Å². The number of rotatable bonds is 3. The number of hydrogen-bond acceptors (Lipinski definition) is 4. The third kappa shape index (κ3) is 3.52. The molecule has 2 aromatic rings. The Labute approximate surface area is 160 Å². The SMILES string of the molecule is CCN1c2ccc(CNC(=O)C(C)(C)C)cc2N(C)C(=O)c2cccnc21. The van der Waals surface area contributed by atoms with Crippen molar-refractivity contribution in [1.29, 1.82) is 0 Å². The molecule has 1 aromatic heterocycles. The molecule has 27 heavy (non-hydrogen) atoms. The standard InChI is InChI=1S/C21H26N4O2/c1-6-25-16-10-9-14(13-23-20(27)21(2,3)4)12-17(16)24(5)19(26)15-8-7-11-22-18(15)25/h7-12H,6,13H2,1-5H3,(H,23,27). The molecule has 1 aliphatic rings. The summed E-state index contributed by atoms with van der Waals surface area (Å²) in [7, 11) is 1.77. The Morgan fingerprint density at radius 3 is 2.59 bits per heavy atom. The predicted molar refractivity (Wildman–Crippen MR) is 107 cm³/mol. The van der Waals surface area contributed by atoms with Gasteiger partial charge in [-0.3, -0.25) is 9.59 Å². The normalized spacial score (nSPS) is 13.7. The van der Waals surface area contributed by atoms with E-state index in [-0.39, 0.29) is 11.8 Å². The van der Waals surface area contributed by atoms with E-state index in [0.29, 0.717) is 24.5 Å². The van der Waals surface area contributed by atoms with Crippen LogP contribution >= 0.6 is 0 Å². The molecule has 0 radical (unpaired) electrons. The maximum Gasteiger partial charge on any atom is 0.261 e. The number of hydrogen-bond donors (Lipinski definition) is 1. The molecule has 1 aromatic carbocycles. The van der Waals surface area contributed by atoms with Crippen LogP contribution in [0.3, 0.4) is 0 Å². The molecule has 6 heteroatoms. The first-order valence-corrected chi connectivity index (χ1v) is 9.16. The molecule has 6 nitrogen and oxygen atoms in total. The summed E-state index contributed by atoms with van der Waals surface area (Å²) in [4.78, 5) is 33.3. The van der Waals surface area contributed by atoms with Gasteiger partial charge >= 0.3 is 0 Å². The topological polar surface area (TPSA) is 65.5 Å². The van der Waals surface area contributed by atoms with Gasteiger partial charge < -0.3 is 15.1 Å². The zero-order chi connectivity index (χ0) is 19.8. The molecule has 0 saturated heterocycles. The van der Waals surface area contributed by atoms with Gasteiger partial charge in [0.2, 0.25) is 5.91 Å². The maximum absolute atomic E-state index is 13.0. The van der Waals surface area contributed by atoms with Gasteiger partial charge in [0, 0.05) is 31.7 Å². The van der Waals surface area contributed by atoms with Crippen molar-refractivity contribution in [3.63, 3.8) is 0 Å². The van der Waals surface area contributed by atoms with E-state index in [9.17, 15) is 9.59 Å². The van der Waals surface area contributed by atoms with Crippen LogP contribution in [0.5, 0.6) is 0 Å². The molecule has 2 heterocycles. The lowest BCUT2D eigenvalue weighted by molar-refractivity contribution is -0.128. The minimum atomic E-state index is -0.440. The molecule has 1 aliphatic heterocycles. The number of amides is 2. The first-order chi connectivity index (χ1) is 12.7. The number of pyridine rings is 1. The Morgan fingerprint density at radius 2 is 1.93 bits per heavy atom. The summed E-state index contributed by atoms with van der Waals surface area (Å²) in [6.45, 7) is 8.80. The fourth-order valence-electron chi connectivity index (χ4n) is 3.13. The van der Waals surface area contributed by atoms with Gasteiger partial charge in [-0.05, 0) is 36.8 Å². The average Bonchev–Trinajstić information content (AvgIpc) is 2.73. The second kappa shape index (κ2) is 7.02. The highest BCUT2D eigenvalue weighted by atomic mass is 16.2. The molecule has 142 valence electrons. The van der Waals surface area contributed by atoms with Crippen molar-refractivity contribution < 1.29 is 9.59 Å². The van der Waals surface area contributed by atoms with Gasteiger partial charge in [0.25, 0.3) is 5.91 Å².